The first-order valence-corrected chi connectivity index (χ1v) is 11.0. The van der Waals surface area contributed by atoms with Crippen molar-refractivity contribution in [2.75, 3.05) is 0 Å². The predicted molar refractivity (Wildman–Crippen MR) is 131 cm³/mol. The fourth-order valence-corrected chi connectivity index (χ4v) is 4.01. The maximum atomic E-state index is 14.1. The van der Waals surface area contributed by atoms with Crippen LogP contribution in [-0.2, 0) is 5.41 Å². The normalized spacial score (nSPS) is 11.5. The Morgan fingerprint density at radius 3 is 1.91 bits per heavy atom. The Morgan fingerprint density at radius 1 is 0.636 bits per heavy atom. The summed E-state index contributed by atoms with van der Waals surface area (Å²) in [5.74, 6) is 1.19. The molecule has 0 fully saturated rings. The second kappa shape index (κ2) is 8.47. The molecule has 0 radical (unpaired) electrons. The van der Waals surface area contributed by atoms with Crippen LogP contribution in [0.2, 0.25) is 0 Å². The van der Waals surface area contributed by atoms with Crippen LogP contribution >= 0.6 is 0 Å². The number of nitrogens with one attached hydrogen (secondary N) is 1. The van der Waals surface area contributed by atoms with Gasteiger partial charge in [-0.3, -0.25) is 5.10 Å². The molecule has 0 spiro atoms. The zero-order chi connectivity index (χ0) is 22.8. The van der Waals surface area contributed by atoms with E-state index in [1.165, 1.54) is 17.2 Å². The SMILES string of the molecule is CC(C)(c1ccc(-c2ccccc2)cc1)c1nc(-c2ccc(-c3ccccc3F)cc2)n[nH]1. The van der Waals surface area contributed by atoms with Crippen LogP contribution in [0, 0.1) is 5.82 Å². The number of rotatable bonds is 5. The molecule has 33 heavy (non-hydrogen) atoms. The number of halogens is 1. The number of nitrogens with zero attached hydrogens (tertiary/aromatic N) is 2. The standard InChI is InChI=1S/C29H24FN3/c1-29(2,24-18-16-21(17-19-24)20-8-4-3-5-9-20)28-31-27(32-33-28)23-14-12-22(13-15-23)25-10-6-7-11-26(25)30/h3-19H,1-2H3,(H,31,32,33). The highest BCUT2D eigenvalue weighted by Gasteiger charge is 2.27. The van der Waals surface area contributed by atoms with E-state index in [4.69, 9.17) is 4.98 Å². The average Bonchev–Trinajstić information content (AvgIpc) is 3.37. The van der Waals surface area contributed by atoms with Crippen molar-refractivity contribution in [2.45, 2.75) is 19.3 Å². The fourth-order valence-electron chi connectivity index (χ4n) is 4.01. The quantitative estimate of drug-likeness (QED) is 0.317. The van der Waals surface area contributed by atoms with Crippen molar-refractivity contribution in [3.8, 4) is 33.6 Å². The summed E-state index contributed by atoms with van der Waals surface area (Å²) in [6.45, 7) is 4.27. The zero-order valence-electron chi connectivity index (χ0n) is 18.6. The van der Waals surface area contributed by atoms with Gasteiger partial charge in [0.05, 0.1) is 0 Å². The lowest BCUT2D eigenvalue weighted by Gasteiger charge is -2.22. The van der Waals surface area contributed by atoms with Crippen LogP contribution in [0.5, 0.6) is 0 Å². The van der Waals surface area contributed by atoms with E-state index in [0.717, 1.165) is 22.5 Å². The van der Waals surface area contributed by atoms with Gasteiger partial charge < -0.3 is 0 Å². The third-order valence-electron chi connectivity index (χ3n) is 6.12. The van der Waals surface area contributed by atoms with E-state index in [9.17, 15) is 4.39 Å². The van der Waals surface area contributed by atoms with Gasteiger partial charge in [-0.25, -0.2) is 9.37 Å². The Labute approximate surface area is 193 Å². The third kappa shape index (κ3) is 4.08. The van der Waals surface area contributed by atoms with Gasteiger partial charge in [0.15, 0.2) is 5.82 Å². The Morgan fingerprint density at radius 2 is 1.21 bits per heavy atom. The van der Waals surface area contributed by atoms with E-state index in [1.54, 1.807) is 12.1 Å². The molecule has 5 aromatic rings. The highest BCUT2D eigenvalue weighted by atomic mass is 19.1. The van der Waals surface area contributed by atoms with Gasteiger partial charge in [0.2, 0.25) is 0 Å². The minimum absolute atomic E-state index is 0.231. The number of hydrogen-bond acceptors (Lipinski definition) is 2. The second-order valence-corrected chi connectivity index (χ2v) is 8.63. The molecule has 0 aliphatic heterocycles. The van der Waals surface area contributed by atoms with Crippen molar-refractivity contribution >= 4 is 0 Å². The van der Waals surface area contributed by atoms with E-state index in [2.05, 4.69) is 60.4 Å². The van der Waals surface area contributed by atoms with Gasteiger partial charge >= 0.3 is 0 Å². The predicted octanol–water partition coefficient (Wildman–Crippen LogP) is 7.27. The highest BCUT2D eigenvalue weighted by molar-refractivity contribution is 5.68. The smallest absolute Gasteiger partial charge is 0.181 e. The summed E-state index contributed by atoms with van der Waals surface area (Å²) in [5.41, 5.74) is 5.48. The first-order valence-electron chi connectivity index (χ1n) is 11.0. The molecule has 1 N–H and O–H groups in total. The lowest BCUT2D eigenvalue weighted by molar-refractivity contribution is 0.593. The summed E-state index contributed by atoms with van der Waals surface area (Å²) in [5, 5.41) is 7.58. The van der Waals surface area contributed by atoms with Crippen molar-refractivity contribution in [1.29, 1.82) is 0 Å². The van der Waals surface area contributed by atoms with Gasteiger partial charge in [-0.15, -0.1) is 0 Å². The Balaban J connectivity index is 1.39. The molecule has 0 bridgehead atoms. The van der Waals surface area contributed by atoms with E-state index >= 15 is 0 Å². The maximum Gasteiger partial charge on any atom is 0.181 e. The molecular formula is C29H24FN3. The van der Waals surface area contributed by atoms with Crippen LogP contribution in [0.3, 0.4) is 0 Å². The summed E-state index contributed by atoms with van der Waals surface area (Å²) >= 11 is 0. The Bertz CT molecular complexity index is 1370. The topological polar surface area (TPSA) is 41.6 Å². The lowest BCUT2D eigenvalue weighted by Crippen LogP contribution is -2.20. The number of aromatic amines is 1. The number of benzene rings is 4. The summed E-state index contributed by atoms with van der Waals surface area (Å²) < 4.78 is 14.1. The maximum absolute atomic E-state index is 14.1. The minimum Gasteiger partial charge on any atom is -0.262 e. The average molecular weight is 434 g/mol. The third-order valence-corrected chi connectivity index (χ3v) is 6.12. The zero-order valence-corrected chi connectivity index (χ0v) is 18.6. The van der Waals surface area contributed by atoms with Crippen molar-refractivity contribution in [2.24, 2.45) is 0 Å². The van der Waals surface area contributed by atoms with Gasteiger partial charge in [0, 0.05) is 16.5 Å². The van der Waals surface area contributed by atoms with Crippen LogP contribution in [-0.4, -0.2) is 15.2 Å². The molecule has 0 saturated heterocycles. The molecule has 1 heterocycles. The largest absolute Gasteiger partial charge is 0.262 e. The van der Waals surface area contributed by atoms with Gasteiger partial charge in [-0.1, -0.05) is 97.1 Å². The van der Waals surface area contributed by atoms with Crippen molar-refractivity contribution < 1.29 is 4.39 Å². The van der Waals surface area contributed by atoms with E-state index in [1.807, 2.05) is 48.5 Å². The molecule has 0 aliphatic carbocycles. The summed E-state index contributed by atoms with van der Waals surface area (Å²) in [6.07, 6.45) is 0. The summed E-state index contributed by atoms with van der Waals surface area (Å²) in [6, 6.07) is 33.4. The van der Waals surface area contributed by atoms with Crippen molar-refractivity contribution in [3.05, 3.63) is 120 Å². The van der Waals surface area contributed by atoms with Gasteiger partial charge in [-0.2, -0.15) is 5.10 Å². The van der Waals surface area contributed by atoms with E-state index in [-0.39, 0.29) is 11.2 Å². The van der Waals surface area contributed by atoms with Crippen LogP contribution in [0.25, 0.3) is 33.6 Å². The van der Waals surface area contributed by atoms with Crippen molar-refractivity contribution in [3.63, 3.8) is 0 Å². The molecule has 0 atom stereocenters. The molecule has 4 aromatic carbocycles. The minimum atomic E-state index is -0.340. The Hall–Kier alpha value is -4.05. The van der Waals surface area contributed by atoms with Crippen LogP contribution in [0.1, 0.15) is 25.2 Å². The monoisotopic (exact) mass is 433 g/mol. The fraction of sp³-hybridized carbons (Fsp3) is 0.103. The number of aromatic nitrogens is 3. The van der Waals surface area contributed by atoms with Crippen LogP contribution in [0.15, 0.2) is 103 Å². The molecule has 0 saturated carbocycles. The molecule has 0 unspecified atom stereocenters. The van der Waals surface area contributed by atoms with Gasteiger partial charge in [0.1, 0.15) is 11.6 Å². The molecule has 5 rings (SSSR count). The molecule has 0 aliphatic rings. The second-order valence-electron chi connectivity index (χ2n) is 8.63. The molecule has 0 amide bonds. The Kier molecular flexibility index (Phi) is 5.35. The molecule has 1 aromatic heterocycles. The number of hydrogen-bond donors (Lipinski definition) is 1. The molecule has 3 nitrogen and oxygen atoms in total. The van der Waals surface area contributed by atoms with Crippen LogP contribution < -0.4 is 0 Å². The highest BCUT2D eigenvalue weighted by Crippen LogP contribution is 2.32. The number of H-pyrrole nitrogens is 1. The first kappa shape index (κ1) is 20.8. The van der Waals surface area contributed by atoms with Crippen molar-refractivity contribution in [1.82, 2.24) is 15.2 Å². The molecular weight excluding hydrogens is 409 g/mol. The first-order chi connectivity index (χ1) is 16.0. The van der Waals surface area contributed by atoms with Crippen LogP contribution in [0.4, 0.5) is 4.39 Å². The lowest BCUT2D eigenvalue weighted by atomic mass is 9.83. The molecule has 162 valence electrons. The molecule has 4 heteroatoms. The summed E-state index contributed by atoms with van der Waals surface area (Å²) in [7, 11) is 0. The summed E-state index contributed by atoms with van der Waals surface area (Å²) in [4.78, 5) is 4.79. The van der Waals surface area contributed by atoms with Gasteiger partial charge in [0.25, 0.3) is 0 Å². The van der Waals surface area contributed by atoms with Gasteiger partial charge in [-0.05, 0) is 42.2 Å². The van der Waals surface area contributed by atoms with E-state index in [0.29, 0.717) is 11.4 Å². The van der Waals surface area contributed by atoms with E-state index < -0.39 is 0 Å².